The molecule has 0 saturated carbocycles. The van der Waals surface area contributed by atoms with Crippen LogP contribution in [0.25, 0.3) is 6.08 Å². The van der Waals surface area contributed by atoms with Crippen molar-refractivity contribution in [2.45, 2.75) is 27.7 Å². The van der Waals surface area contributed by atoms with Crippen LogP contribution in [0.5, 0.6) is 17.2 Å². The Morgan fingerprint density at radius 1 is 0.857 bits per heavy atom. The van der Waals surface area contributed by atoms with Crippen molar-refractivity contribution >= 4 is 24.0 Å². The summed E-state index contributed by atoms with van der Waals surface area (Å²) in [6.07, 6.45) is 3.31. The number of hydrogen-bond donors (Lipinski definition) is 0. The zero-order valence-corrected chi connectivity index (χ0v) is 12.3. The Morgan fingerprint density at radius 2 is 1.29 bits per heavy atom. The highest BCUT2D eigenvalue weighted by atomic mass is 16.6. The van der Waals surface area contributed by atoms with E-state index < -0.39 is 17.9 Å². The van der Waals surface area contributed by atoms with Gasteiger partial charge in [-0.05, 0) is 6.92 Å². The van der Waals surface area contributed by atoms with Gasteiger partial charge in [-0.1, -0.05) is 12.2 Å². The molecule has 112 valence electrons. The minimum Gasteiger partial charge on any atom is -0.426 e. The van der Waals surface area contributed by atoms with Crippen LogP contribution in [0.3, 0.4) is 0 Å². The maximum absolute atomic E-state index is 11.2. The molecular weight excluding hydrogens is 276 g/mol. The second kappa shape index (κ2) is 7.23. The Labute approximate surface area is 122 Å². The van der Waals surface area contributed by atoms with Gasteiger partial charge in [-0.3, -0.25) is 14.4 Å². The molecule has 6 heteroatoms. The number of carbonyl (C=O) groups excluding carboxylic acids is 3. The Bertz CT molecular complexity index is 563. The number of carbonyl (C=O) groups is 3. The highest BCUT2D eigenvalue weighted by Gasteiger charge is 2.16. The van der Waals surface area contributed by atoms with E-state index in [2.05, 4.69) is 0 Å². The van der Waals surface area contributed by atoms with Gasteiger partial charge in [-0.25, -0.2) is 0 Å². The van der Waals surface area contributed by atoms with Crippen molar-refractivity contribution in [1.29, 1.82) is 0 Å². The van der Waals surface area contributed by atoms with E-state index in [9.17, 15) is 14.4 Å². The summed E-state index contributed by atoms with van der Waals surface area (Å²) in [4.78, 5) is 33.4. The molecule has 0 radical (unpaired) electrons. The molecule has 1 aromatic rings. The molecule has 0 atom stereocenters. The summed E-state index contributed by atoms with van der Waals surface area (Å²) < 4.78 is 15.1. The summed E-state index contributed by atoms with van der Waals surface area (Å²) in [6, 6.07) is 2.76. The fourth-order valence-corrected chi connectivity index (χ4v) is 1.61. The van der Waals surface area contributed by atoms with Crippen molar-refractivity contribution in [3.63, 3.8) is 0 Å². The first-order valence-electron chi connectivity index (χ1n) is 6.19. The molecule has 1 aromatic carbocycles. The molecule has 0 fully saturated rings. The van der Waals surface area contributed by atoms with E-state index in [-0.39, 0.29) is 17.2 Å². The van der Waals surface area contributed by atoms with Gasteiger partial charge in [0.05, 0.1) is 5.56 Å². The van der Waals surface area contributed by atoms with Gasteiger partial charge in [-0.2, -0.15) is 0 Å². The third-order valence-electron chi connectivity index (χ3n) is 2.18. The van der Waals surface area contributed by atoms with Crippen LogP contribution in [0, 0.1) is 0 Å². The van der Waals surface area contributed by atoms with Gasteiger partial charge >= 0.3 is 17.9 Å². The first-order valence-corrected chi connectivity index (χ1v) is 6.19. The summed E-state index contributed by atoms with van der Waals surface area (Å²) >= 11 is 0. The van der Waals surface area contributed by atoms with Crippen LogP contribution in [0.1, 0.15) is 33.3 Å². The molecule has 0 unspecified atom stereocenters. The molecule has 21 heavy (non-hydrogen) atoms. The second-order valence-electron chi connectivity index (χ2n) is 4.11. The first-order chi connectivity index (χ1) is 9.83. The fraction of sp³-hybridized carbons (Fsp3) is 0.267. The smallest absolute Gasteiger partial charge is 0.308 e. The molecule has 0 heterocycles. The SMILES string of the molecule is CC=Cc1c(OC(C)=O)cc(OC(C)=O)cc1OC(C)=O. The second-order valence-corrected chi connectivity index (χ2v) is 4.11. The molecule has 0 amide bonds. The summed E-state index contributed by atoms with van der Waals surface area (Å²) in [5, 5.41) is 0. The van der Waals surface area contributed by atoms with Gasteiger partial charge in [0.1, 0.15) is 17.2 Å². The van der Waals surface area contributed by atoms with E-state index in [1.807, 2.05) is 0 Å². The number of rotatable bonds is 4. The van der Waals surface area contributed by atoms with Crippen LogP contribution in [0.2, 0.25) is 0 Å². The highest BCUT2D eigenvalue weighted by molar-refractivity contribution is 5.78. The number of allylic oxidation sites excluding steroid dienone is 1. The molecule has 1 rings (SSSR count). The lowest BCUT2D eigenvalue weighted by Gasteiger charge is -2.13. The third kappa shape index (κ3) is 5.10. The van der Waals surface area contributed by atoms with Gasteiger partial charge in [0, 0.05) is 32.9 Å². The molecule has 0 spiro atoms. The standard InChI is InChI=1S/C15H16O6/c1-5-6-13-14(20-10(3)17)7-12(19-9(2)16)8-15(13)21-11(4)18/h5-8H,1-4H3. The van der Waals surface area contributed by atoms with Crippen molar-refractivity contribution in [2.24, 2.45) is 0 Å². The Hall–Kier alpha value is -2.63. The number of benzene rings is 1. The quantitative estimate of drug-likeness (QED) is 0.626. The Morgan fingerprint density at radius 3 is 1.62 bits per heavy atom. The van der Waals surface area contributed by atoms with Crippen LogP contribution < -0.4 is 14.2 Å². The monoisotopic (exact) mass is 292 g/mol. The van der Waals surface area contributed by atoms with E-state index in [1.165, 1.54) is 32.9 Å². The first kappa shape index (κ1) is 16.4. The minimum atomic E-state index is -0.547. The largest absolute Gasteiger partial charge is 0.426 e. The van der Waals surface area contributed by atoms with Crippen molar-refractivity contribution < 1.29 is 28.6 Å². The molecule has 6 nitrogen and oxygen atoms in total. The van der Waals surface area contributed by atoms with Gasteiger partial charge in [0.15, 0.2) is 0 Å². The summed E-state index contributed by atoms with van der Waals surface area (Å²) in [5.41, 5.74) is 0.402. The van der Waals surface area contributed by atoms with Crippen LogP contribution in [0.15, 0.2) is 18.2 Å². The van der Waals surface area contributed by atoms with Gasteiger partial charge in [0.2, 0.25) is 0 Å². The van der Waals surface area contributed by atoms with E-state index in [1.54, 1.807) is 19.1 Å². The van der Waals surface area contributed by atoms with Crippen molar-refractivity contribution in [3.8, 4) is 17.2 Å². The molecule has 0 saturated heterocycles. The fourth-order valence-electron chi connectivity index (χ4n) is 1.61. The number of hydrogen-bond acceptors (Lipinski definition) is 6. The van der Waals surface area contributed by atoms with Crippen molar-refractivity contribution in [2.75, 3.05) is 0 Å². The highest BCUT2D eigenvalue weighted by Crippen LogP contribution is 2.36. The van der Waals surface area contributed by atoms with Gasteiger partial charge < -0.3 is 14.2 Å². The Balaban J connectivity index is 3.43. The maximum atomic E-state index is 11.2. The molecule has 0 aromatic heterocycles. The van der Waals surface area contributed by atoms with Crippen molar-refractivity contribution in [1.82, 2.24) is 0 Å². The minimum absolute atomic E-state index is 0.114. The molecule has 0 aliphatic rings. The lowest BCUT2D eigenvalue weighted by atomic mass is 10.1. The maximum Gasteiger partial charge on any atom is 0.308 e. The zero-order chi connectivity index (χ0) is 16.0. The average molecular weight is 292 g/mol. The lowest BCUT2D eigenvalue weighted by Crippen LogP contribution is -2.08. The van der Waals surface area contributed by atoms with Crippen LogP contribution in [0.4, 0.5) is 0 Å². The van der Waals surface area contributed by atoms with E-state index >= 15 is 0 Å². The third-order valence-corrected chi connectivity index (χ3v) is 2.18. The summed E-state index contributed by atoms with van der Waals surface area (Å²) in [7, 11) is 0. The van der Waals surface area contributed by atoms with Crippen LogP contribution in [-0.4, -0.2) is 17.9 Å². The lowest BCUT2D eigenvalue weighted by molar-refractivity contribution is -0.132. The summed E-state index contributed by atoms with van der Waals surface area (Å²) in [5.74, 6) is -1.25. The molecule has 0 aliphatic carbocycles. The van der Waals surface area contributed by atoms with Gasteiger partial charge in [0.25, 0.3) is 0 Å². The summed E-state index contributed by atoms with van der Waals surface area (Å²) in [6.45, 7) is 5.47. The average Bonchev–Trinajstić information content (AvgIpc) is 2.31. The molecular formula is C15H16O6. The van der Waals surface area contributed by atoms with Crippen LogP contribution >= 0.6 is 0 Å². The van der Waals surface area contributed by atoms with Gasteiger partial charge in [-0.15, -0.1) is 0 Å². The van der Waals surface area contributed by atoms with E-state index in [4.69, 9.17) is 14.2 Å². The van der Waals surface area contributed by atoms with E-state index in [0.29, 0.717) is 5.56 Å². The Kier molecular flexibility index (Phi) is 5.66. The van der Waals surface area contributed by atoms with E-state index in [0.717, 1.165) is 0 Å². The predicted molar refractivity (Wildman–Crippen MR) is 75.1 cm³/mol. The number of ether oxygens (including phenoxy) is 3. The number of esters is 3. The van der Waals surface area contributed by atoms with Crippen LogP contribution in [-0.2, 0) is 14.4 Å². The zero-order valence-electron chi connectivity index (χ0n) is 12.3. The normalized spacial score (nSPS) is 10.3. The predicted octanol–water partition coefficient (Wildman–Crippen LogP) is 2.50. The molecule has 0 bridgehead atoms. The molecule has 0 aliphatic heterocycles. The topological polar surface area (TPSA) is 78.9 Å². The molecule has 0 N–H and O–H groups in total. The van der Waals surface area contributed by atoms with Crippen molar-refractivity contribution in [3.05, 3.63) is 23.8 Å².